The highest BCUT2D eigenvalue weighted by atomic mass is 32.1. The predicted molar refractivity (Wildman–Crippen MR) is 86.1 cm³/mol. The summed E-state index contributed by atoms with van der Waals surface area (Å²) in [6.07, 6.45) is 4.81. The highest BCUT2D eigenvalue weighted by molar-refractivity contribution is 7.15. The van der Waals surface area contributed by atoms with E-state index < -0.39 is 0 Å². The fraction of sp³-hybridized carbons (Fsp3) is 0.471. The third-order valence-electron chi connectivity index (χ3n) is 3.82. The van der Waals surface area contributed by atoms with Crippen LogP contribution in [0.25, 0.3) is 10.4 Å². The summed E-state index contributed by atoms with van der Waals surface area (Å²) in [7, 11) is 0. The number of hydrogen-bond acceptors (Lipinski definition) is 3. The fourth-order valence-electron chi connectivity index (χ4n) is 2.26. The lowest BCUT2D eigenvalue weighted by Gasteiger charge is -2.05. The lowest BCUT2D eigenvalue weighted by molar-refractivity contribution is 0.637. The summed E-state index contributed by atoms with van der Waals surface area (Å²) in [5.74, 6) is 1.52. The second-order valence-corrected chi connectivity index (χ2v) is 7.08. The molecule has 1 aromatic heterocycles. The lowest BCUT2D eigenvalue weighted by Crippen LogP contribution is -2.15. The van der Waals surface area contributed by atoms with Crippen molar-refractivity contribution in [1.82, 2.24) is 10.3 Å². The zero-order valence-corrected chi connectivity index (χ0v) is 13.0. The van der Waals surface area contributed by atoms with Crippen LogP contribution in [0.5, 0.6) is 0 Å². The Morgan fingerprint density at radius 3 is 2.65 bits per heavy atom. The lowest BCUT2D eigenvalue weighted by atomic mass is 10.0. The summed E-state index contributed by atoms with van der Waals surface area (Å²) >= 11 is 1.80. The minimum atomic E-state index is 0.590. The Hall–Kier alpha value is -1.19. The Kier molecular flexibility index (Phi) is 4.18. The Bertz CT molecular complexity index is 553. The van der Waals surface area contributed by atoms with Crippen LogP contribution in [0.3, 0.4) is 0 Å². The highest BCUT2D eigenvalue weighted by Gasteiger charge is 2.20. The molecule has 0 bridgehead atoms. The van der Waals surface area contributed by atoms with Crippen LogP contribution in [-0.4, -0.2) is 11.5 Å². The maximum atomic E-state index is 4.52. The smallest absolute Gasteiger partial charge is 0.107 e. The highest BCUT2D eigenvalue weighted by Crippen LogP contribution is 2.29. The molecule has 1 aliphatic rings. The molecule has 106 valence electrons. The van der Waals surface area contributed by atoms with Gasteiger partial charge in [-0.15, -0.1) is 11.3 Å². The number of aromatic nitrogens is 1. The van der Waals surface area contributed by atoms with E-state index in [-0.39, 0.29) is 0 Å². The SMILES string of the molecule is CC(C)c1ccc(-c2cnc(CNCC3CC3)s2)cc1. The summed E-state index contributed by atoms with van der Waals surface area (Å²) in [5.41, 5.74) is 2.67. The fourth-order valence-corrected chi connectivity index (χ4v) is 3.16. The molecule has 1 fully saturated rings. The van der Waals surface area contributed by atoms with Crippen molar-refractivity contribution in [3.63, 3.8) is 0 Å². The van der Waals surface area contributed by atoms with Crippen molar-refractivity contribution in [3.8, 4) is 10.4 Å². The number of benzene rings is 1. The average molecular weight is 286 g/mol. The third kappa shape index (κ3) is 3.47. The monoisotopic (exact) mass is 286 g/mol. The van der Waals surface area contributed by atoms with Crippen molar-refractivity contribution in [2.75, 3.05) is 6.54 Å². The van der Waals surface area contributed by atoms with E-state index in [1.807, 2.05) is 6.20 Å². The second kappa shape index (κ2) is 6.06. The molecule has 0 aliphatic heterocycles. The van der Waals surface area contributed by atoms with Crippen molar-refractivity contribution in [3.05, 3.63) is 41.0 Å². The molecule has 2 nitrogen and oxygen atoms in total. The first kappa shape index (κ1) is 13.8. The topological polar surface area (TPSA) is 24.9 Å². The van der Waals surface area contributed by atoms with Crippen LogP contribution in [-0.2, 0) is 6.54 Å². The molecule has 1 saturated carbocycles. The normalized spacial score (nSPS) is 14.9. The quantitative estimate of drug-likeness (QED) is 0.849. The zero-order chi connectivity index (χ0) is 13.9. The summed E-state index contributed by atoms with van der Waals surface area (Å²) in [4.78, 5) is 5.79. The van der Waals surface area contributed by atoms with Crippen LogP contribution >= 0.6 is 11.3 Å². The van der Waals surface area contributed by atoms with Gasteiger partial charge in [0.1, 0.15) is 5.01 Å². The van der Waals surface area contributed by atoms with Gasteiger partial charge in [0, 0.05) is 12.7 Å². The Labute approximate surface area is 125 Å². The van der Waals surface area contributed by atoms with Gasteiger partial charge in [0.05, 0.1) is 4.88 Å². The molecular formula is C17H22N2S. The molecule has 0 atom stereocenters. The van der Waals surface area contributed by atoms with Gasteiger partial charge in [-0.05, 0) is 42.3 Å². The largest absolute Gasteiger partial charge is 0.310 e. The summed E-state index contributed by atoms with van der Waals surface area (Å²) in [6.45, 7) is 6.51. The number of thiazole rings is 1. The van der Waals surface area contributed by atoms with E-state index in [0.29, 0.717) is 5.92 Å². The summed E-state index contributed by atoms with van der Waals surface area (Å²) < 4.78 is 0. The molecule has 3 rings (SSSR count). The molecule has 0 spiro atoms. The van der Waals surface area contributed by atoms with Gasteiger partial charge in [0.15, 0.2) is 0 Å². The van der Waals surface area contributed by atoms with E-state index in [2.05, 4.69) is 48.4 Å². The minimum Gasteiger partial charge on any atom is -0.310 e. The Balaban J connectivity index is 1.62. The maximum Gasteiger partial charge on any atom is 0.107 e. The van der Waals surface area contributed by atoms with E-state index in [9.17, 15) is 0 Å². The van der Waals surface area contributed by atoms with E-state index in [1.54, 1.807) is 11.3 Å². The van der Waals surface area contributed by atoms with Gasteiger partial charge in [0.25, 0.3) is 0 Å². The molecule has 0 saturated heterocycles. The Morgan fingerprint density at radius 2 is 2.00 bits per heavy atom. The van der Waals surface area contributed by atoms with Crippen LogP contribution in [0.15, 0.2) is 30.5 Å². The predicted octanol–water partition coefficient (Wildman–Crippen LogP) is 4.43. The minimum absolute atomic E-state index is 0.590. The Morgan fingerprint density at radius 1 is 1.25 bits per heavy atom. The first-order chi connectivity index (χ1) is 9.72. The molecule has 1 aliphatic carbocycles. The van der Waals surface area contributed by atoms with E-state index in [4.69, 9.17) is 0 Å². The van der Waals surface area contributed by atoms with Gasteiger partial charge in [-0.1, -0.05) is 38.1 Å². The third-order valence-corrected chi connectivity index (χ3v) is 4.87. The summed E-state index contributed by atoms with van der Waals surface area (Å²) in [5, 5.41) is 4.69. The zero-order valence-electron chi connectivity index (χ0n) is 12.2. The van der Waals surface area contributed by atoms with Crippen molar-refractivity contribution < 1.29 is 0 Å². The number of rotatable bonds is 6. The maximum absolute atomic E-state index is 4.52. The van der Waals surface area contributed by atoms with Crippen molar-refractivity contribution in [2.24, 2.45) is 5.92 Å². The molecule has 0 unspecified atom stereocenters. The molecule has 1 aromatic carbocycles. The molecule has 1 heterocycles. The van der Waals surface area contributed by atoms with Crippen molar-refractivity contribution >= 4 is 11.3 Å². The van der Waals surface area contributed by atoms with Crippen LogP contribution in [0.2, 0.25) is 0 Å². The van der Waals surface area contributed by atoms with Gasteiger partial charge >= 0.3 is 0 Å². The van der Waals surface area contributed by atoms with Gasteiger partial charge in [-0.2, -0.15) is 0 Å². The molecule has 0 radical (unpaired) electrons. The van der Waals surface area contributed by atoms with Gasteiger partial charge in [-0.25, -0.2) is 4.98 Å². The summed E-state index contributed by atoms with van der Waals surface area (Å²) in [6, 6.07) is 8.88. The average Bonchev–Trinajstić information content (AvgIpc) is 3.15. The molecule has 1 N–H and O–H groups in total. The standard InChI is InChI=1S/C17H22N2S/c1-12(2)14-5-7-15(8-6-14)16-10-19-17(20-16)11-18-9-13-3-4-13/h5-8,10,12-13,18H,3-4,9,11H2,1-2H3. The molecule has 2 aromatic rings. The molecular weight excluding hydrogens is 264 g/mol. The molecule has 3 heteroatoms. The van der Waals surface area contributed by atoms with Crippen molar-refractivity contribution in [2.45, 2.75) is 39.2 Å². The van der Waals surface area contributed by atoms with E-state index >= 15 is 0 Å². The number of hydrogen-bond donors (Lipinski definition) is 1. The number of nitrogens with zero attached hydrogens (tertiary/aromatic N) is 1. The second-order valence-electron chi connectivity index (χ2n) is 5.97. The first-order valence-corrected chi connectivity index (χ1v) is 8.30. The molecule has 20 heavy (non-hydrogen) atoms. The van der Waals surface area contributed by atoms with Crippen LogP contribution in [0, 0.1) is 5.92 Å². The van der Waals surface area contributed by atoms with Gasteiger partial charge in [-0.3, -0.25) is 0 Å². The van der Waals surface area contributed by atoms with Gasteiger partial charge in [0.2, 0.25) is 0 Å². The van der Waals surface area contributed by atoms with E-state index in [1.165, 1.54) is 33.9 Å². The van der Waals surface area contributed by atoms with Gasteiger partial charge < -0.3 is 5.32 Å². The number of nitrogens with one attached hydrogen (secondary N) is 1. The molecule has 0 amide bonds. The van der Waals surface area contributed by atoms with E-state index in [0.717, 1.165) is 19.0 Å². The van der Waals surface area contributed by atoms with Crippen molar-refractivity contribution in [1.29, 1.82) is 0 Å². The van der Waals surface area contributed by atoms with Crippen LogP contribution < -0.4 is 5.32 Å². The first-order valence-electron chi connectivity index (χ1n) is 7.48. The van der Waals surface area contributed by atoms with Crippen LogP contribution in [0.1, 0.15) is 43.2 Å². The van der Waals surface area contributed by atoms with Crippen LogP contribution in [0.4, 0.5) is 0 Å².